The highest BCUT2D eigenvalue weighted by Gasteiger charge is 2.12. The Labute approximate surface area is 148 Å². The van der Waals surface area contributed by atoms with Gasteiger partial charge in [0.15, 0.2) is 10.9 Å². The number of nitrogens with one attached hydrogen (secondary N) is 2. The van der Waals surface area contributed by atoms with E-state index < -0.39 is 0 Å². The molecule has 3 rings (SSSR count). The van der Waals surface area contributed by atoms with Crippen LogP contribution in [0.3, 0.4) is 0 Å². The van der Waals surface area contributed by atoms with Gasteiger partial charge in [0.1, 0.15) is 0 Å². The van der Waals surface area contributed by atoms with Gasteiger partial charge in [0.05, 0.1) is 12.0 Å². The highest BCUT2D eigenvalue weighted by Crippen LogP contribution is 2.17. The highest BCUT2D eigenvalue weighted by atomic mass is 32.1. The summed E-state index contributed by atoms with van der Waals surface area (Å²) in [5, 5.41) is 7.83. The van der Waals surface area contributed by atoms with Gasteiger partial charge in [-0.2, -0.15) is 0 Å². The molecule has 0 fully saturated rings. The molecule has 0 aliphatic rings. The van der Waals surface area contributed by atoms with Gasteiger partial charge in [-0.25, -0.2) is 4.98 Å². The summed E-state index contributed by atoms with van der Waals surface area (Å²) in [6, 6.07) is 6.94. The van der Waals surface area contributed by atoms with E-state index in [1.807, 2.05) is 17.5 Å². The maximum absolute atomic E-state index is 11.9. The van der Waals surface area contributed by atoms with E-state index in [0.717, 1.165) is 11.3 Å². The maximum atomic E-state index is 11.9. The van der Waals surface area contributed by atoms with Crippen molar-refractivity contribution in [3.8, 4) is 0 Å². The summed E-state index contributed by atoms with van der Waals surface area (Å²) in [5.41, 5.74) is 1.76. The summed E-state index contributed by atoms with van der Waals surface area (Å²) in [4.78, 5) is 32.0. The van der Waals surface area contributed by atoms with E-state index in [1.54, 1.807) is 24.5 Å². The first-order valence-electron chi connectivity index (χ1n) is 7.65. The molecule has 0 aliphatic heterocycles. The summed E-state index contributed by atoms with van der Waals surface area (Å²) in [5.74, 6) is -0.167. The average Bonchev–Trinajstić information content (AvgIpc) is 3.31. The minimum absolute atomic E-state index is 0.0500. The number of aryl methyl sites for hydroxylation is 1. The molecular weight excluding hydrogens is 340 g/mol. The zero-order chi connectivity index (χ0) is 17.5. The number of nitrogens with zero attached hydrogens (tertiary/aromatic N) is 2. The molecule has 2 amide bonds. The van der Waals surface area contributed by atoms with Crippen LogP contribution >= 0.6 is 11.3 Å². The smallest absolute Gasteiger partial charge is 0.293 e. The highest BCUT2D eigenvalue weighted by molar-refractivity contribution is 7.13. The third kappa shape index (κ3) is 4.98. The number of rotatable bonds is 7. The molecule has 3 heterocycles. The Hall–Kier alpha value is -3.00. The first-order chi connectivity index (χ1) is 12.2. The van der Waals surface area contributed by atoms with Crippen LogP contribution in [0.1, 0.15) is 28.2 Å². The minimum Gasteiger partial charge on any atom is -0.459 e. The van der Waals surface area contributed by atoms with Crippen LogP contribution in [0.15, 0.2) is 52.7 Å². The van der Waals surface area contributed by atoms with Gasteiger partial charge < -0.3 is 9.73 Å². The van der Waals surface area contributed by atoms with Gasteiger partial charge in [0.25, 0.3) is 5.91 Å². The van der Waals surface area contributed by atoms with Crippen LogP contribution in [-0.4, -0.2) is 21.8 Å². The third-order valence-corrected chi connectivity index (χ3v) is 4.17. The van der Waals surface area contributed by atoms with E-state index in [0.29, 0.717) is 24.5 Å². The molecule has 2 N–H and O–H groups in total. The number of hydrogen-bond donors (Lipinski definition) is 2. The van der Waals surface area contributed by atoms with Gasteiger partial charge in [-0.05, 0) is 36.2 Å². The number of carbonyl (C=O) groups is 2. The van der Waals surface area contributed by atoms with Gasteiger partial charge in [-0.1, -0.05) is 0 Å². The number of furan rings is 1. The molecule has 8 heteroatoms. The van der Waals surface area contributed by atoms with Crippen molar-refractivity contribution in [2.45, 2.75) is 19.4 Å². The Morgan fingerprint density at radius 1 is 1.20 bits per heavy atom. The normalized spacial score (nSPS) is 10.4. The van der Waals surface area contributed by atoms with E-state index in [9.17, 15) is 9.59 Å². The number of amides is 2. The molecule has 128 valence electrons. The molecule has 0 aliphatic carbocycles. The molecule has 0 aromatic carbocycles. The lowest BCUT2D eigenvalue weighted by molar-refractivity contribution is -0.121. The van der Waals surface area contributed by atoms with Crippen LogP contribution in [0.4, 0.5) is 5.13 Å². The third-order valence-electron chi connectivity index (χ3n) is 3.36. The maximum Gasteiger partial charge on any atom is 0.293 e. The number of carbonyl (C=O) groups excluding carboxylic acids is 2. The Morgan fingerprint density at radius 3 is 2.80 bits per heavy atom. The van der Waals surface area contributed by atoms with E-state index >= 15 is 0 Å². The monoisotopic (exact) mass is 356 g/mol. The van der Waals surface area contributed by atoms with Crippen molar-refractivity contribution < 1.29 is 14.0 Å². The quantitative estimate of drug-likeness (QED) is 0.678. The fourth-order valence-corrected chi connectivity index (χ4v) is 2.82. The van der Waals surface area contributed by atoms with Crippen LogP contribution in [0.5, 0.6) is 0 Å². The molecule has 0 bridgehead atoms. The summed E-state index contributed by atoms with van der Waals surface area (Å²) in [7, 11) is 0. The summed E-state index contributed by atoms with van der Waals surface area (Å²) < 4.78 is 5.02. The standard InChI is InChI=1S/C17H16N4O3S/c22-15(19-10-12-5-7-18-8-6-12)4-3-13-11-25-17(20-13)21-16(23)14-2-1-9-24-14/h1-2,5-9,11H,3-4,10H2,(H,19,22)(H,20,21,23). The molecule has 3 aromatic rings. The van der Waals surface area contributed by atoms with Crippen molar-refractivity contribution in [1.82, 2.24) is 15.3 Å². The molecule has 0 saturated heterocycles. The lowest BCUT2D eigenvalue weighted by atomic mass is 10.2. The van der Waals surface area contributed by atoms with E-state index in [4.69, 9.17) is 4.42 Å². The lowest BCUT2D eigenvalue weighted by Gasteiger charge is -2.04. The molecule has 0 spiro atoms. The van der Waals surface area contributed by atoms with Crippen molar-refractivity contribution in [2.75, 3.05) is 5.32 Å². The van der Waals surface area contributed by atoms with Gasteiger partial charge in [-0.15, -0.1) is 11.3 Å². The minimum atomic E-state index is -0.346. The number of thiazole rings is 1. The predicted octanol–water partition coefficient (Wildman–Crippen LogP) is 2.63. The fourth-order valence-electron chi connectivity index (χ4n) is 2.08. The molecule has 0 radical (unpaired) electrons. The zero-order valence-electron chi connectivity index (χ0n) is 13.3. The number of aromatic nitrogens is 2. The predicted molar refractivity (Wildman–Crippen MR) is 93.2 cm³/mol. The molecule has 0 unspecified atom stereocenters. The van der Waals surface area contributed by atoms with Gasteiger partial charge in [0.2, 0.25) is 5.91 Å². The van der Waals surface area contributed by atoms with Crippen molar-refractivity contribution >= 4 is 28.3 Å². The van der Waals surface area contributed by atoms with Crippen LogP contribution in [0, 0.1) is 0 Å². The number of hydrogen-bond acceptors (Lipinski definition) is 6. The average molecular weight is 356 g/mol. The van der Waals surface area contributed by atoms with Crippen molar-refractivity contribution in [3.05, 3.63) is 65.3 Å². The Kier molecular flexibility index (Phi) is 5.53. The molecule has 0 saturated carbocycles. The molecule has 25 heavy (non-hydrogen) atoms. The Bertz CT molecular complexity index is 831. The van der Waals surface area contributed by atoms with Crippen LogP contribution < -0.4 is 10.6 Å². The Balaban J connectivity index is 1.43. The number of pyridine rings is 1. The Morgan fingerprint density at radius 2 is 2.04 bits per heavy atom. The van der Waals surface area contributed by atoms with E-state index in [2.05, 4.69) is 20.6 Å². The summed E-state index contributed by atoms with van der Waals surface area (Å²) in [6.45, 7) is 0.475. The lowest BCUT2D eigenvalue weighted by Crippen LogP contribution is -2.23. The second-order valence-corrected chi connectivity index (χ2v) is 6.07. The fraction of sp³-hybridized carbons (Fsp3) is 0.176. The molecule has 7 nitrogen and oxygen atoms in total. The van der Waals surface area contributed by atoms with Crippen molar-refractivity contribution in [2.24, 2.45) is 0 Å². The van der Waals surface area contributed by atoms with Crippen molar-refractivity contribution in [1.29, 1.82) is 0 Å². The number of anilines is 1. The molecule has 0 atom stereocenters. The van der Waals surface area contributed by atoms with E-state index in [1.165, 1.54) is 17.6 Å². The molecular formula is C17H16N4O3S. The van der Waals surface area contributed by atoms with Gasteiger partial charge in [-0.3, -0.25) is 19.9 Å². The largest absolute Gasteiger partial charge is 0.459 e. The SMILES string of the molecule is O=C(CCc1csc(NC(=O)c2ccco2)n1)NCc1ccncc1. The zero-order valence-corrected chi connectivity index (χ0v) is 14.1. The topological polar surface area (TPSA) is 97.1 Å². The second-order valence-electron chi connectivity index (χ2n) is 5.21. The summed E-state index contributed by atoms with van der Waals surface area (Å²) >= 11 is 1.31. The van der Waals surface area contributed by atoms with Gasteiger partial charge in [0, 0.05) is 30.7 Å². The first-order valence-corrected chi connectivity index (χ1v) is 8.53. The van der Waals surface area contributed by atoms with Crippen molar-refractivity contribution in [3.63, 3.8) is 0 Å². The van der Waals surface area contributed by atoms with Gasteiger partial charge >= 0.3 is 0 Å². The van der Waals surface area contributed by atoms with E-state index in [-0.39, 0.29) is 17.6 Å². The van der Waals surface area contributed by atoms with Crippen LogP contribution in [0.25, 0.3) is 0 Å². The van der Waals surface area contributed by atoms with Crippen LogP contribution in [0.2, 0.25) is 0 Å². The van der Waals surface area contributed by atoms with Crippen LogP contribution in [-0.2, 0) is 17.8 Å². The summed E-state index contributed by atoms with van der Waals surface area (Å²) in [6.07, 6.45) is 5.66. The first kappa shape index (κ1) is 16.8. The second kappa shape index (κ2) is 8.20. The molecule has 3 aromatic heterocycles.